The van der Waals surface area contributed by atoms with Crippen molar-refractivity contribution >= 4 is 40.6 Å². The summed E-state index contributed by atoms with van der Waals surface area (Å²) in [6.45, 7) is 2.97. The van der Waals surface area contributed by atoms with Gasteiger partial charge in [-0.3, -0.25) is 15.0 Å². The maximum absolute atomic E-state index is 13.1. The Morgan fingerprint density at radius 2 is 1.57 bits per heavy atom. The van der Waals surface area contributed by atoms with Crippen molar-refractivity contribution in [1.29, 1.82) is 5.41 Å². The van der Waals surface area contributed by atoms with Gasteiger partial charge in [-0.05, 0) is 47.9 Å². The Kier molecular flexibility index (Phi) is 9.67. The Hall–Kier alpha value is -5.02. The third-order valence-electron chi connectivity index (χ3n) is 6.61. The predicted octanol–water partition coefficient (Wildman–Crippen LogP) is 4.80. The lowest BCUT2D eigenvalue weighted by molar-refractivity contribution is -0.120. The van der Waals surface area contributed by atoms with Crippen molar-refractivity contribution in [2.75, 3.05) is 17.6 Å². The molecule has 0 aliphatic carbocycles. The van der Waals surface area contributed by atoms with Crippen LogP contribution >= 0.6 is 11.6 Å². The molecule has 2 amide bonds. The van der Waals surface area contributed by atoms with Gasteiger partial charge in [0.05, 0.1) is 17.1 Å². The summed E-state index contributed by atoms with van der Waals surface area (Å²) >= 11 is 6.75. The zero-order chi connectivity index (χ0) is 30.2. The fourth-order valence-electron chi connectivity index (χ4n) is 4.53. The molecular formula is C32H33ClN6O3. The number of hydrogen-bond acceptors (Lipinski definition) is 6. The first kappa shape index (κ1) is 30.0. The zero-order valence-electron chi connectivity index (χ0n) is 23.1. The van der Waals surface area contributed by atoms with Crippen LogP contribution in [-0.2, 0) is 24.3 Å². The molecule has 10 heteroatoms. The van der Waals surface area contributed by atoms with Gasteiger partial charge < -0.3 is 32.5 Å². The Labute approximate surface area is 249 Å². The molecule has 0 bridgehead atoms. The molecular weight excluding hydrogens is 552 g/mol. The minimum absolute atomic E-state index is 0.0376. The molecule has 0 unspecified atom stereocenters. The van der Waals surface area contributed by atoms with Crippen LogP contribution in [0.1, 0.15) is 39.5 Å². The molecule has 0 aliphatic heterocycles. The summed E-state index contributed by atoms with van der Waals surface area (Å²) in [7, 11) is 0. The van der Waals surface area contributed by atoms with Crippen LogP contribution in [0.5, 0.6) is 5.75 Å². The molecule has 0 spiro atoms. The zero-order valence-corrected chi connectivity index (χ0v) is 23.9. The van der Waals surface area contributed by atoms with Crippen molar-refractivity contribution in [2.24, 2.45) is 5.73 Å². The molecule has 0 aliphatic rings. The van der Waals surface area contributed by atoms with Crippen molar-refractivity contribution < 1.29 is 14.7 Å². The number of aromatic hydroxyl groups is 1. The van der Waals surface area contributed by atoms with Gasteiger partial charge >= 0.3 is 0 Å². The number of phenolic OH excluding ortho intramolecular Hbond substituents is 1. The van der Waals surface area contributed by atoms with E-state index >= 15 is 0 Å². The van der Waals surface area contributed by atoms with Crippen LogP contribution in [0.15, 0.2) is 78.9 Å². The molecule has 0 radical (unpaired) electrons. The van der Waals surface area contributed by atoms with Gasteiger partial charge in [-0.2, -0.15) is 0 Å². The monoisotopic (exact) mass is 584 g/mol. The summed E-state index contributed by atoms with van der Waals surface area (Å²) in [6.07, 6.45) is -0.185. The lowest BCUT2D eigenvalue weighted by Gasteiger charge is -2.19. The van der Waals surface area contributed by atoms with E-state index in [1.807, 2.05) is 37.3 Å². The molecule has 0 heterocycles. The number of carbonyl (C=O) groups is 2. The minimum atomic E-state index is -0.350. The largest absolute Gasteiger partial charge is 0.505 e. The van der Waals surface area contributed by atoms with Crippen LogP contribution in [0.2, 0.25) is 5.02 Å². The summed E-state index contributed by atoms with van der Waals surface area (Å²) in [4.78, 5) is 26.2. The van der Waals surface area contributed by atoms with E-state index < -0.39 is 0 Å². The third kappa shape index (κ3) is 7.38. The highest BCUT2D eigenvalue weighted by atomic mass is 35.5. The topological polar surface area (TPSA) is 166 Å². The first-order chi connectivity index (χ1) is 20.2. The SMILES string of the molecule is CCNc1cc(Cl)c(-c2cc(N)cc(C(=O)NCc3ccccc3)c2)c(CC(=O)NCc2ccc(C(=N)N)cc2)c1O. The second-order valence-electron chi connectivity index (χ2n) is 9.71. The number of nitrogens with two attached hydrogens (primary N) is 2. The molecule has 9 N–H and O–H groups in total. The second kappa shape index (κ2) is 13.6. The standard InChI is InChI=1S/C32H33ClN6O3/c1-2-37-27-16-26(33)29(22-12-23(14-24(34)13-22)32(42)39-18-19-6-4-3-5-7-19)25(30(27)41)15-28(40)38-17-20-8-10-21(11-9-20)31(35)36/h3-14,16,37,41H,2,15,17-18,34H2,1H3,(H3,35,36)(H,38,40)(H,39,42). The van der Waals surface area contributed by atoms with Crippen molar-refractivity contribution in [3.05, 3.63) is 112 Å². The smallest absolute Gasteiger partial charge is 0.251 e. The third-order valence-corrected chi connectivity index (χ3v) is 6.91. The maximum atomic E-state index is 13.1. The van der Waals surface area contributed by atoms with Crippen molar-refractivity contribution in [3.63, 3.8) is 0 Å². The molecule has 4 aromatic rings. The number of anilines is 2. The first-order valence-electron chi connectivity index (χ1n) is 13.4. The Balaban J connectivity index is 1.62. The normalized spacial score (nSPS) is 10.6. The maximum Gasteiger partial charge on any atom is 0.251 e. The molecule has 0 saturated heterocycles. The minimum Gasteiger partial charge on any atom is -0.505 e. The molecule has 216 valence electrons. The molecule has 0 fully saturated rings. The fraction of sp³-hybridized carbons (Fsp3) is 0.156. The van der Waals surface area contributed by atoms with E-state index in [0.29, 0.717) is 52.3 Å². The fourth-order valence-corrected chi connectivity index (χ4v) is 4.87. The highest BCUT2D eigenvalue weighted by Crippen LogP contribution is 2.42. The summed E-state index contributed by atoms with van der Waals surface area (Å²) in [6, 6.07) is 22.9. The highest BCUT2D eigenvalue weighted by Gasteiger charge is 2.22. The van der Waals surface area contributed by atoms with Crippen molar-refractivity contribution in [1.82, 2.24) is 10.6 Å². The molecule has 4 aromatic carbocycles. The number of amides is 2. The van der Waals surface area contributed by atoms with Crippen LogP contribution in [0, 0.1) is 5.41 Å². The molecule has 4 rings (SSSR count). The van der Waals surface area contributed by atoms with Crippen LogP contribution in [-0.4, -0.2) is 29.3 Å². The number of phenols is 1. The summed E-state index contributed by atoms with van der Waals surface area (Å²) in [5, 5.41) is 27.8. The molecule has 0 atom stereocenters. The van der Waals surface area contributed by atoms with E-state index in [2.05, 4.69) is 16.0 Å². The average Bonchev–Trinajstić information content (AvgIpc) is 2.97. The van der Waals surface area contributed by atoms with Crippen LogP contribution < -0.4 is 27.4 Å². The number of carbonyl (C=O) groups excluding carboxylic acids is 2. The molecule has 9 nitrogen and oxygen atoms in total. The van der Waals surface area contributed by atoms with E-state index in [4.69, 9.17) is 28.5 Å². The number of amidine groups is 1. The summed E-state index contributed by atoms with van der Waals surface area (Å²) in [5.74, 6) is -0.831. The Bertz CT molecular complexity index is 1610. The van der Waals surface area contributed by atoms with Crippen LogP contribution in [0.25, 0.3) is 11.1 Å². The first-order valence-corrected chi connectivity index (χ1v) is 13.7. The van der Waals surface area contributed by atoms with Gasteiger partial charge in [-0.1, -0.05) is 66.2 Å². The van der Waals surface area contributed by atoms with Crippen molar-refractivity contribution in [2.45, 2.75) is 26.4 Å². The molecule has 0 saturated carbocycles. The van der Waals surface area contributed by atoms with Gasteiger partial charge in [0, 0.05) is 47.6 Å². The molecule has 42 heavy (non-hydrogen) atoms. The van der Waals surface area contributed by atoms with E-state index in [0.717, 1.165) is 11.1 Å². The van der Waals surface area contributed by atoms with Gasteiger partial charge in [0.2, 0.25) is 5.91 Å². The van der Waals surface area contributed by atoms with Crippen molar-refractivity contribution in [3.8, 4) is 16.9 Å². The van der Waals surface area contributed by atoms with E-state index in [1.165, 1.54) is 0 Å². The van der Waals surface area contributed by atoms with Gasteiger partial charge in [0.15, 0.2) is 0 Å². The lowest BCUT2D eigenvalue weighted by Crippen LogP contribution is -2.25. The molecule has 0 aromatic heterocycles. The summed E-state index contributed by atoms with van der Waals surface area (Å²) in [5.41, 5.74) is 16.3. The Morgan fingerprint density at radius 1 is 0.905 bits per heavy atom. The lowest BCUT2D eigenvalue weighted by atomic mass is 9.93. The van der Waals surface area contributed by atoms with E-state index in [1.54, 1.807) is 48.5 Å². The van der Waals surface area contributed by atoms with Gasteiger partial charge in [0.1, 0.15) is 11.6 Å². The number of rotatable bonds is 11. The summed E-state index contributed by atoms with van der Waals surface area (Å²) < 4.78 is 0. The van der Waals surface area contributed by atoms with Gasteiger partial charge in [-0.15, -0.1) is 0 Å². The number of hydrogen-bond donors (Lipinski definition) is 7. The second-order valence-corrected chi connectivity index (χ2v) is 10.1. The quantitative estimate of drug-likeness (QED) is 0.0578. The van der Waals surface area contributed by atoms with Gasteiger partial charge in [-0.25, -0.2) is 0 Å². The Morgan fingerprint density at radius 3 is 2.24 bits per heavy atom. The predicted molar refractivity (Wildman–Crippen MR) is 168 cm³/mol. The van der Waals surface area contributed by atoms with Gasteiger partial charge in [0.25, 0.3) is 5.91 Å². The van der Waals surface area contributed by atoms with E-state index in [-0.39, 0.29) is 41.4 Å². The van der Waals surface area contributed by atoms with Crippen LogP contribution in [0.3, 0.4) is 0 Å². The number of nitrogens with one attached hydrogen (secondary N) is 4. The number of benzene rings is 4. The van der Waals surface area contributed by atoms with Crippen LogP contribution in [0.4, 0.5) is 11.4 Å². The number of halogens is 1. The number of nitrogen functional groups attached to an aromatic ring is 2. The van der Waals surface area contributed by atoms with E-state index in [9.17, 15) is 14.7 Å². The average molecular weight is 585 g/mol. The highest BCUT2D eigenvalue weighted by molar-refractivity contribution is 6.34.